The molecule has 0 fully saturated rings. The van der Waals surface area contributed by atoms with E-state index in [1.807, 2.05) is 30.3 Å². The van der Waals surface area contributed by atoms with Gasteiger partial charge in [-0.15, -0.1) is 0 Å². The number of phenols is 1. The summed E-state index contributed by atoms with van der Waals surface area (Å²) in [7, 11) is 0. The minimum Gasteiger partial charge on any atom is -0.508 e. The molecule has 0 radical (unpaired) electrons. The van der Waals surface area contributed by atoms with Crippen LogP contribution in [0.25, 0.3) is 0 Å². The second-order valence-electron chi connectivity index (χ2n) is 3.82. The van der Waals surface area contributed by atoms with Crippen LogP contribution in [0.4, 0.5) is 5.69 Å². The Morgan fingerprint density at radius 1 is 1.00 bits per heavy atom. The molecular formula is C14H12N2O2S. The van der Waals surface area contributed by atoms with E-state index < -0.39 is 0 Å². The molecule has 0 saturated heterocycles. The SMILES string of the molecule is O=C(NC(=S)Nc1ccccc1)c1ccc(O)cc1. The fourth-order valence-corrected chi connectivity index (χ4v) is 1.68. The number of phenolic OH excluding ortho intramolecular Hbond substituents is 1. The first kappa shape index (κ1) is 13.0. The average molecular weight is 272 g/mol. The highest BCUT2D eigenvalue weighted by Crippen LogP contribution is 2.09. The Kier molecular flexibility index (Phi) is 4.10. The number of para-hydroxylation sites is 1. The van der Waals surface area contributed by atoms with Gasteiger partial charge in [-0.3, -0.25) is 10.1 Å². The van der Waals surface area contributed by atoms with Gasteiger partial charge in [0.05, 0.1) is 0 Å². The fraction of sp³-hybridized carbons (Fsp3) is 0. The Labute approximate surface area is 116 Å². The van der Waals surface area contributed by atoms with Gasteiger partial charge < -0.3 is 10.4 Å². The number of benzene rings is 2. The summed E-state index contributed by atoms with van der Waals surface area (Å²) in [4.78, 5) is 11.8. The summed E-state index contributed by atoms with van der Waals surface area (Å²) in [5, 5.41) is 14.8. The highest BCUT2D eigenvalue weighted by Gasteiger charge is 2.07. The summed E-state index contributed by atoms with van der Waals surface area (Å²) in [6, 6.07) is 15.3. The van der Waals surface area contributed by atoms with Crippen molar-refractivity contribution in [3.05, 3.63) is 60.2 Å². The molecule has 3 N–H and O–H groups in total. The highest BCUT2D eigenvalue weighted by atomic mass is 32.1. The number of thiocarbonyl (C=S) groups is 1. The number of carbonyl (C=O) groups excluding carboxylic acids is 1. The van der Waals surface area contributed by atoms with Crippen LogP contribution in [0.3, 0.4) is 0 Å². The quantitative estimate of drug-likeness (QED) is 0.735. The van der Waals surface area contributed by atoms with Crippen LogP contribution in [0.15, 0.2) is 54.6 Å². The van der Waals surface area contributed by atoms with Crippen molar-refractivity contribution >= 4 is 28.9 Å². The van der Waals surface area contributed by atoms with E-state index >= 15 is 0 Å². The van der Waals surface area contributed by atoms with Gasteiger partial charge in [-0.25, -0.2) is 0 Å². The van der Waals surface area contributed by atoms with Crippen LogP contribution < -0.4 is 10.6 Å². The molecule has 0 aliphatic rings. The molecule has 96 valence electrons. The minimum absolute atomic E-state index is 0.113. The van der Waals surface area contributed by atoms with Crippen LogP contribution in [0, 0.1) is 0 Å². The van der Waals surface area contributed by atoms with Crippen molar-refractivity contribution in [3.8, 4) is 5.75 Å². The van der Waals surface area contributed by atoms with E-state index in [2.05, 4.69) is 10.6 Å². The van der Waals surface area contributed by atoms with E-state index in [-0.39, 0.29) is 16.8 Å². The average Bonchev–Trinajstić information content (AvgIpc) is 2.40. The van der Waals surface area contributed by atoms with Crippen LogP contribution in [0.5, 0.6) is 5.75 Å². The maximum Gasteiger partial charge on any atom is 0.257 e. The number of anilines is 1. The van der Waals surface area contributed by atoms with Crippen molar-refractivity contribution in [3.63, 3.8) is 0 Å². The maximum atomic E-state index is 11.8. The molecule has 0 aliphatic heterocycles. The summed E-state index contributed by atoms with van der Waals surface area (Å²) >= 11 is 5.05. The number of hydrogen-bond donors (Lipinski definition) is 3. The summed E-state index contributed by atoms with van der Waals surface area (Å²) in [6.45, 7) is 0. The van der Waals surface area contributed by atoms with Crippen molar-refractivity contribution < 1.29 is 9.90 Å². The largest absolute Gasteiger partial charge is 0.508 e. The first-order chi connectivity index (χ1) is 9.15. The summed E-state index contributed by atoms with van der Waals surface area (Å²) in [5.41, 5.74) is 1.23. The summed E-state index contributed by atoms with van der Waals surface area (Å²) in [5.74, 6) is -0.213. The Balaban J connectivity index is 1.95. The fourth-order valence-electron chi connectivity index (χ4n) is 1.47. The molecule has 0 aromatic heterocycles. The molecule has 0 unspecified atom stereocenters. The van der Waals surface area contributed by atoms with Gasteiger partial charge >= 0.3 is 0 Å². The van der Waals surface area contributed by atoms with Crippen LogP contribution in [-0.4, -0.2) is 16.1 Å². The molecule has 4 nitrogen and oxygen atoms in total. The minimum atomic E-state index is -0.326. The van der Waals surface area contributed by atoms with E-state index in [1.54, 1.807) is 0 Å². The van der Waals surface area contributed by atoms with E-state index in [0.29, 0.717) is 5.56 Å². The van der Waals surface area contributed by atoms with Crippen molar-refractivity contribution in [1.82, 2.24) is 5.32 Å². The lowest BCUT2D eigenvalue weighted by atomic mass is 10.2. The number of amides is 1. The number of aromatic hydroxyl groups is 1. The lowest BCUT2D eigenvalue weighted by molar-refractivity contribution is 0.0978. The molecule has 0 spiro atoms. The zero-order chi connectivity index (χ0) is 13.7. The van der Waals surface area contributed by atoms with E-state index in [9.17, 15) is 4.79 Å². The van der Waals surface area contributed by atoms with E-state index in [0.717, 1.165) is 5.69 Å². The first-order valence-electron chi connectivity index (χ1n) is 5.61. The van der Waals surface area contributed by atoms with Gasteiger partial charge in [0.2, 0.25) is 0 Å². The van der Waals surface area contributed by atoms with Gasteiger partial charge in [0.25, 0.3) is 5.91 Å². The third-order valence-electron chi connectivity index (χ3n) is 2.39. The Hall–Kier alpha value is -2.40. The van der Waals surface area contributed by atoms with Crippen molar-refractivity contribution in [2.45, 2.75) is 0 Å². The van der Waals surface area contributed by atoms with Crippen LogP contribution in [0.1, 0.15) is 10.4 Å². The molecular weight excluding hydrogens is 260 g/mol. The molecule has 0 aliphatic carbocycles. The van der Waals surface area contributed by atoms with Gasteiger partial charge in [0.15, 0.2) is 5.11 Å². The predicted molar refractivity (Wildman–Crippen MR) is 78.2 cm³/mol. The normalized spacial score (nSPS) is 9.68. The third-order valence-corrected chi connectivity index (χ3v) is 2.59. The molecule has 0 saturated carbocycles. The van der Waals surface area contributed by atoms with Crippen LogP contribution in [0.2, 0.25) is 0 Å². The number of carbonyl (C=O) groups is 1. The molecule has 0 atom stereocenters. The van der Waals surface area contributed by atoms with Crippen molar-refractivity contribution in [1.29, 1.82) is 0 Å². The molecule has 19 heavy (non-hydrogen) atoms. The van der Waals surface area contributed by atoms with Crippen LogP contribution >= 0.6 is 12.2 Å². The topological polar surface area (TPSA) is 61.4 Å². The smallest absolute Gasteiger partial charge is 0.257 e. The molecule has 0 heterocycles. The van der Waals surface area contributed by atoms with E-state index in [4.69, 9.17) is 17.3 Å². The van der Waals surface area contributed by atoms with Gasteiger partial charge in [0.1, 0.15) is 5.75 Å². The van der Waals surface area contributed by atoms with Crippen LogP contribution in [-0.2, 0) is 0 Å². The van der Waals surface area contributed by atoms with Crippen molar-refractivity contribution in [2.24, 2.45) is 0 Å². The lowest BCUT2D eigenvalue weighted by Gasteiger charge is -2.09. The van der Waals surface area contributed by atoms with Gasteiger partial charge in [-0.1, -0.05) is 18.2 Å². The standard InChI is InChI=1S/C14H12N2O2S/c17-12-8-6-10(7-9-12)13(18)16-14(19)15-11-4-2-1-3-5-11/h1-9,17H,(H2,15,16,18,19). The maximum absolute atomic E-state index is 11.8. The molecule has 0 bridgehead atoms. The zero-order valence-electron chi connectivity index (χ0n) is 9.96. The van der Waals surface area contributed by atoms with Gasteiger partial charge in [-0.05, 0) is 48.6 Å². The lowest BCUT2D eigenvalue weighted by Crippen LogP contribution is -2.34. The molecule has 2 rings (SSSR count). The summed E-state index contributed by atoms with van der Waals surface area (Å²) < 4.78 is 0. The Morgan fingerprint density at radius 3 is 2.26 bits per heavy atom. The number of nitrogens with one attached hydrogen (secondary N) is 2. The highest BCUT2D eigenvalue weighted by molar-refractivity contribution is 7.80. The Bertz CT molecular complexity index is 582. The Morgan fingerprint density at radius 2 is 1.63 bits per heavy atom. The van der Waals surface area contributed by atoms with E-state index in [1.165, 1.54) is 24.3 Å². The predicted octanol–water partition coefficient (Wildman–Crippen LogP) is 2.52. The molecule has 5 heteroatoms. The molecule has 1 amide bonds. The molecule has 2 aromatic carbocycles. The molecule has 2 aromatic rings. The second-order valence-corrected chi connectivity index (χ2v) is 4.23. The monoisotopic (exact) mass is 272 g/mol. The first-order valence-corrected chi connectivity index (χ1v) is 6.02. The summed E-state index contributed by atoms with van der Waals surface area (Å²) in [6.07, 6.45) is 0. The zero-order valence-corrected chi connectivity index (χ0v) is 10.8. The second kappa shape index (κ2) is 5.97. The van der Waals surface area contributed by atoms with Gasteiger partial charge in [0, 0.05) is 11.3 Å². The number of hydrogen-bond acceptors (Lipinski definition) is 3. The third kappa shape index (κ3) is 3.79. The van der Waals surface area contributed by atoms with Crippen molar-refractivity contribution in [2.75, 3.05) is 5.32 Å². The van der Waals surface area contributed by atoms with Gasteiger partial charge in [-0.2, -0.15) is 0 Å². The number of rotatable bonds is 2.